The average molecular weight is 373 g/mol. The topological polar surface area (TPSA) is 86.9 Å². The largest absolute Gasteiger partial charge is 0.313 e. The lowest BCUT2D eigenvalue weighted by atomic mass is 10.2. The molecule has 1 aromatic carbocycles. The van der Waals surface area contributed by atoms with Gasteiger partial charge >= 0.3 is 0 Å². The van der Waals surface area contributed by atoms with Crippen LogP contribution in [0.15, 0.2) is 33.9 Å². The van der Waals surface area contributed by atoms with Crippen molar-refractivity contribution in [2.24, 2.45) is 0 Å². The van der Waals surface area contributed by atoms with Crippen molar-refractivity contribution < 1.29 is 8.42 Å². The first-order valence-electron chi connectivity index (χ1n) is 6.46. The molecule has 0 radical (unpaired) electrons. The zero-order valence-corrected chi connectivity index (χ0v) is 14.2. The number of sulfonamides is 1. The first kappa shape index (κ1) is 16.0. The zero-order chi connectivity index (χ0) is 15.5. The van der Waals surface area contributed by atoms with Crippen molar-refractivity contribution in [3.63, 3.8) is 0 Å². The normalized spacial score (nSPS) is 11.6. The van der Waals surface area contributed by atoms with Gasteiger partial charge in [-0.3, -0.25) is 9.82 Å². The molecule has 0 saturated heterocycles. The molecule has 8 heteroatoms. The lowest BCUT2D eigenvalue weighted by Gasteiger charge is -2.09. The van der Waals surface area contributed by atoms with Crippen molar-refractivity contribution >= 4 is 31.6 Å². The predicted octanol–water partition coefficient (Wildman–Crippen LogP) is 2.39. The summed E-state index contributed by atoms with van der Waals surface area (Å²) in [5.41, 5.74) is 2.07. The number of hydrogen-bond acceptors (Lipinski definition) is 4. The molecular weight excluding hydrogens is 356 g/mol. The van der Waals surface area contributed by atoms with Crippen LogP contribution in [0.4, 0.5) is 5.69 Å². The predicted molar refractivity (Wildman–Crippen MR) is 85.7 cm³/mol. The lowest BCUT2D eigenvalue weighted by Crippen LogP contribution is -2.18. The van der Waals surface area contributed by atoms with E-state index in [9.17, 15) is 8.42 Å². The van der Waals surface area contributed by atoms with Crippen LogP contribution in [0.3, 0.4) is 0 Å². The maximum Gasteiger partial charge on any atom is 0.279 e. The van der Waals surface area contributed by atoms with Gasteiger partial charge < -0.3 is 5.32 Å². The second-order valence-corrected chi connectivity index (χ2v) is 7.05. The summed E-state index contributed by atoms with van der Waals surface area (Å²) in [6, 6.07) is 5.27. The van der Waals surface area contributed by atoms with Gasteiger partial charge in [0.2, 0.25) is 0 Å². The van der Waals surface area contributed by atoms with Gasteiger partial charge in [0.15, 0.2) is 5.03 Å². The van der Waals surface area contributed by atoms with Crippen molar-refractivity contribution in [1.82, 2.24) is 15.5 Å². The Labute approximate surface area is 132 Å². The fourth-order valence-corrected chi connectivity index (χ4v) is 3.26. The molecule has 114 valence electrons. The number of halogens is 1. The van der Waals surface area contributed by atoms with E-state index >= 15 is 0 Å². The van der Waals surface area contributed by atoms with Gasteiger partial charge in [0.05, 0.1) is 6.20 Å². The zero-order valence-electron chi connectivity index (χ0n) is 11.8. The van der Waals surface area contributed by atoms with Crippen molar-refractivity contribution in [3.05, 3.63) is 40.0 Å². The Morgan fingerprint density at radius 1 is 1.38 bits per heavy atom. The van der Waals surface area contributed by atoms with E-state index in [-0.39, 0.29) is 5.03 Å². The number of rotatable bonds is 6. The quantitative estimate of drug-likeness (QED) is 0.726. The van der Waals surface area contributed by atoms with E-state index in [1.165, 1.54) is 6.20 Å². The first-order valence-corrected chi connectivity index (χ1v) is 8.73. The molecule has 0 aliphatic carbocycles. The fraction of sp³-hybridized carbons (Fsp3) is 0.308. The van der Waals surface area contributed by atoms with Gasteiger partial charge in [-0.2, -0.15) is 13.5 Å². The summed E-state index contributed by atoms with van der Waals surface area (Å²) >= 11 is 3.39. The molecule has 1 aromatic heterocycles. The molecule has 1 heterocycles. The molecule has 6 nitrogen and oxygen atoms in total. The van der Waals surface area contributed by atoms with E-state index < -0.39 is 10.0 Å². The molecule has 21 heavy (non-hydrogen) atoms. The van der Waals surface area contributed by atoms with Gasteiger partial charge in [-0.15, -0.1) is 0 Å². The molecule has 0 saturated carbocycles. The summed E-state index contributed by atoms with van der Waals surface area (Å²) in [7, 11) is -3.68. The number of aromatic nitrogens is 2. The molecule has 0 fully saturated rings. The van der Waals surface area contributed by atoms with E-state index in [1.54, 1.807) is 18.2 Å². The molecule has 0 aliphatic rings. The Kier molecular flexibility index (Phi) is 5.02. The molecule has 0 atom stereocenters. The Balaban J connectivity index is 2.26. The third-order valence-corrected chi connectivity index (χ3v) is 5.21. The Morgan fingerprint density at radius 3 is 2.81 bits per heavy atom. The number of nitrogens with one attached hydrogen (secondary N) is 3. The van der Waals surface area contributed by atoms with Gasteiger partial charge in [0.25, 0.3) is 10.0 Å². The molecule has 0 aliphatic heterocycles. The average Bonchev–Trinajstić information content (AvgIpc) is 2.89. The minimum atomic E-state index is -3.68. The van der Waals surface area contributed by atoms with Crippen molar-refractivity contribution in [2.75, 3.05) is 11.3 Å². The monoisotopic (exact) mass is 372 g/mol. The number of benzene rings is 1. The summed E-state index contributed by atoms with van der Waals surface area (Å²) in [6.45, 7) is 5.05. The number of anilines is 1. The van der Waals surface area contributed by atoms with Crippen molar-refractivity contribution in [1.29, 1.82) is 0 Å². The van der Waals surface area contributed by atoms with Gasteiger partial charge in [-0.1, -0.05) is 22.9 Å². The van der Waals surface area contributed by atoms with Gasteiger partial charge in [-0.25, -0.2) is 0 Å². The van der Waals surface area contributed by atoms with E-state index in [0.29, 0.717) is 17.8 Å². The van der Waals surface area contributed by atoms with Crippen molar-refractivity contribution in [3.8, 4) is 0 Å². The van der Waals surface area contributed by atoms with Crippen LogP contribution in [0.5, 0.6) is 0 Å². The van der Waals surface area contributed by atoms with Crippen LogP contribution >= 0.6 is 15.9 Å². The number of H-pyrrole nitrogens is 1. The van der Waals surface area contributed by atoms with Gasteiger partial charge in [0, 0.05) is 22.3 Å². The van der Waals surface area contributed by atoms with Crippen LogP contribution in [-0.4, -0.2) is 25.2 Å². The second-order valence-electron chi connectivity index (χ2n) is 4.57. The van der Waals surface area contributed by atoms with E-state index in [4.69, 9.17) is 0 Å². The molecule has 2 aromatic rings. The Hall–Kier alpha value is -1.38. The van der Waals surface area contributed by atoms with Crippen LogP contribution < -0.4 is 10.0 Å². The van der Waals surface area contributed by atoms with E-state index in [1.807, 2.05) is 13.8 Å². The lowest BCUT2D eigenvalue weighted by molar-refractivity contribution is 0.594. The molecule has 0 amide bonds. The Morgan fingerprint density at radius 2 is 2.14 bits per heavy atom. The Bertz CT molecular complexity index is 728. The first-order chi connectivity index (χ1) is 9.94. The molecule has 0 bridgehead atoms. The smallest absolute Gasteiger partial charge is 0.279 e. The molecule has 3 N–H and O–H groups in total. The summed E-state index contributed by atoms with van der Waals surface area (Å²) in [5, 5.41) is 9.55. The molecular formula is C13H17BrN4O2S. The van der Waals surface area contributed by atoms with Crippen LogP contribution in [0.2, 0.25) is 0 Å². The van der Waals surface area contributed by atoms with Crippen LogP contribution in [0.25, 0.3) is 0 Å². The number of aryl methyl sites for hydroxylation is 1. The third-order valence-electron chi connectivity index (χ3n) is 2.92. The maximum atomic E-state index is 12.4. The highest BCUT2D eigenvalue weighted by molar-refractivity contribution is 9.10. The van der Waals surface area contributed by atoms with E-state index in [0.717, 1.165) is 16.6 Å². The van der Waals surface area contributed by atoms with E-state index in [2.05, 4.69) is 36.2 Å². The second kappa shape index (κ2) is 6.59. The third kappa shape index (κ3) is 3.84. The summed E-state index contributed by atoms with van der Waals surface area (Å²) in [4.78, 5) is 0. The number of nitrogens with zero attached hydrogens (tertiary/aromatic N) is 1. The standard InChI is InChI=1S/C13H17BrN4O2S/c1-3-15-7-10-8-16-17-13(10)21(19,20)18-11-4-5-12(14)9(2)6-11/h4-6,8,15,18H,3,7H2,1-2H3,(H,16,17). The molecule has 0 spiro atoms. The molecule has 0 unspecified atom stereocenters. The van der Waals surface area contributed by atoms with Gasteiger partial charge in [0.1, 0.15) is 0 Å². The minimum Gasteiger partial charge on any atom is -0.313 e. The van der Waals surface area contributed by atoms with Crippen LogP contribution in [-0.2, 0) is 16.6 Å². The fourth-order valence-electron chi connectivity index (χ4n) is 1.83. The SMILES string of the molecule is CCNCc1cn[nH]c1S(=O)(=O)Nc1ccc(Br)c(C)c1. The summed E-state index contributed by atoms with van der Waals surface area (Å²) in [5.74, 6) is 0. The summed E-state index contributed by atoms with van der Waals surface area (Å²) in [6.07, 6.45) is 1.52. The number of hydrogen-bond donors (Lipinski definition) is 3. The maximum absolute atomic E-state index is 12.4. The highest BCUT2D eigenvalue weighted by atomic mass is 79.9. The number of aromatic amines is 1. The van der Waals surface area contributed by atoms with Crippen molar-refractivity contribution in [2.45, 2.75) is 25.4 Å². The molecule has 2 rings (SSSR count). The minimum absolute atomic E-state index is 0.0871. The summed E-state index contributed by atoms with van der Waals surface area (Å²) < 4.78 is 28.3. The van der Waals surface area contributed by atoms with Gasteiger partial charge in [-0.05, 0) is 37.2 Å². The highest BCUT2D eigenvalue weighted by Gasteiger charge is 2.20. The highest BCUT2D eigenvalue weighted by Crippen LogP contribution is 2.22. The van der Waals surface area contributed by atoms with Crippen LogP contribution in [0.1, 0.15) is 18.1 Å². The van der Waals surface area contributed by atoms with Crippen LogP contribution in [0, 0.1) is 6.92 Å².